The van der Waals surface area contributed by atoms with Crippen molar-refractivity contribution in [2.24, 2.45) is 0 Å². The zero-order valence-electron chi connectivity index (χ0n) is 7.11. The topological polar surface area (TPSA) is 0 Å². The van der Waals surface area contributed by atoms with Crippen molar-refractivity contribution in [2.75, 3.05) is 0 Å². The van der Waals surface area contributed by atoms with Crippen LogP contribution in [0.5, 0.6) is 0 Å². The van der Waals surface area contributed by atoms with Gasteiger partial charge in [0.15, 0.2) is 0 Å². The second kappa shape index (κ2) is 4.56. The Morgan fingerprint density at radius 1 is 1.00 bits per heavy atom. The molecule has 0 spiro atoms. The van der Waals surface area contributed by atoms with E-state index in [0.717, 1.165) is 0 Å². The quantitative estimate of drug-likeness (QED) is 0.691. The van der Waals surface area contributed by atoms with Crippen LogP contribution >= 0.6 is 15.9 Å². The smallest absolute Gasteiger partial charge is 0.0207 e. The van der Waals surface area contributed by atoms with E-state index in [4.69, 9.17) is 0 Å². The van der Waals surface area contributed by atoms with Crippen LogP contribution in [0.25, 0.3) is 0 Å². The van der Waals surface area contributed by atoms with Gasteiger partial charge in [-0.15, -0.1) is 0 Å². The van der Waals surface area contributed by atoms with Crippen LogP contribution in [-0.2, 0) is 0 Å². The Balaban J connectivity index is 0.000001000. The van der Waals surface area contributed by atoms with Gasteiger partial charge in [-0.25, -0.2) is 0 Å². The van der Waals surface area contributed by atoms with Gasteiger partial charge in [-0.3, -0.25) is 0 Å². The van der Waals surface area contributed by atoms with Gasteiger partial charge in [-0.1, -0.05) is 22.0 Å². The van der Waals surface area contributed by atoms with Crippen LogP contribution in [-0.4, -0.2) is 25.8 Å². The minimum absolute atomic E-state index is 0. The van der Waals surface area contributed by atoms with Crippen LogP contribution in [0.2, 0.25) is 0 Å². The molecular weight excluding hydrogens is 303 g/mol. The molecule has 1 aromatic rings. The SMILES string of the molecule is Cc1ccc(Br)c(C)c1C.[In]. The second-order valence-corrected chi connectivity index (χ2v) is 3.47. The zero-order valence-corrected chi connectivity index (χ0v) is 12.0. The fourth-order valence-electron chi connectivity index (χ4n) is 0.923. The van der Waals surface area contributed by atoms with E-state index >= 15 is 0 Å². The largest absolute Gasteiger partial charge is 0.0579 e. The number of rotatable bonds is 0. The molecule has 1 aromatic carbocycles. The van der Waals surface area contributed by atoms with E-state index in [-0.39, 0.29) is 25.8 Å². The molecule has 0 saturated carbocycles. The van der Waals surface area contributed by atoms with E-state index in [2.05, 4.69) is 48.8 Å². The molecule has 0 heterocycles. The number of benzene rings is 1. The molecular formula is C9H11BrIn. The minimum atomic E-state index is 0. The summed E-state index contributed by atoms with van der Waals surface area (Å²) >= 11 is 3.48. The van der Waals surface area contributed by atoms with E-state index < -0.39 is 0 Å². The molecule has 0 aliphatic carbocycles. The first kappa shape index (κ1) is 11.6. The summed E-state index contributed by atoms with van der Waals surface area (Å²) in [6, 6.07) is 4.23. The molecule has 0 saturated heterocycles. The molecule has 0 nitrogen and oxygen atoms in total. The molecule has 0 N–H and O–H groups in total. The van der Waals surface area contributed by atoms with Gasteiger partial charge < -0.3 is 0 Å². The van der Waals surface area contributed by atoms with Gasteiger partial charge >= 0.3 is 0 Å². The normalized spacial score (nSPS) is 9.09. The van der Waals surface area contributed by atoms with Crippen LogP contribution in [0, 0.1) is 20.8 Å². The third-order valence-corrected chi connectivity index (χ3v) is 2.85. The number of hydrogen-bond donors (Lipinski definition) is 0. The van der Waals surface area contributed by atoms with Crippen LogP contribution in [0.15, 0.2) is 16.6 Å². The number of aryl methyl sites for hydroxylation is 1. The van der Waals surface area contributed by atoms with Crippen molar-refractivity contribution >= 4 is 41.8 Å². The van der Waals surface area contributed by atoms with Crippen molar-refractivity contribution in [3.63, 3.8) is 0 Å². The standard InChI is InChI=1S/C9H11Br.In/c1-6-4-5-9(10)8(3)7(6)2;/h4-5H,1-3H3;. The van der Waals surface area contributed by atoms with E-state index in [1.54, 1.807) is 0 Å². The Morgan fingerprint density at radius 3 is 2.00 bits per heavy atom. The van der Waals surface area contributed by atoms with E-state index in [9.17, 15) is 0 Å². The molecule has 2 heteroatoms. The molecule has 0 amide bonds. The van der Waals surface area contributed by atoms with Gasteiger partial charge in [0.25, 0.3) is 0 Å². The molecule has 0 aromatic heterocycles. The molecule has 0 fully saturated rings. The Labute approximate surface area is 95.3 Å². The first-order valence-corrected chi connectivity index (χ1v) is 4.14. The fourth-order valence-corrected chi connectivity index (χ4v) is 1.35. The molecule has 57 valence electrons. The van der Waals surface area contributed by atoms with Crippen LogP contribution in [0.4, 0.5) is 0 Å². The molecule has 11 heavy (non-hydrogen) atoms. The van der Waals surface area contributed by atoms with E-state index in [0.29, 0.717) is 0 Å². The van der Waals surface area contributed by atoms with Crippen LogP contribution < -0.4 is 0 Å². The predicted octanol–water partition coefficient (Wildman–Crippen LogP) is 2.99. The van der Waals surface area contributed by atoms with Gasteiger partial charge in [-0.05, 0) is 43.5 Å². The first-order chi connectivity index (χ1) is 4.63. The van der Waals surface area contributed by atoms with Crippen molar-refractivity contribution in [3.05, 3.63) is 33.3 Å². The minimum Gasteiger partial charge on any atom is -0.0579 e. The van der Waals surface area contributed by atoms with Crippen molar-refractivity contribution in [2.45, 2.75) is 20.8 Å². The van der Waals surface area contributed by atoms with Crippen molar-refractivity contribution < 1.29 is 0 Å². The molecule has 0 unspecified atom stereocenters. The molecule has 0 aliphatic rings. The molecule has 0 aliphatic heterocycles. The molecule has 0 bridgehead atoms. The Hall–Kier alpha value is 0.570. The van der Waals surface area contributed by atoms with Crippen molar-refractivity contribution in [1.29, 1.82) is 0 Å². The fraction of sp³-hybridized carbons (Fsp3) is 0.333. The summed E-state index contributed by atoms with van der Waals surface area (Å²) in [5.74, 6) is 0. The zero-order chi connectivity index (χ0) is 7.72. The summed E-state index contributed by atoms with van der Waals surface area (Å²) in [5.41, 5.74) is 4.09. The van der Waals surface area contributed by atoms with Gasteiger partial charge in [0.2, 0.25) is 0 Å². The summed E-state index contributed by atoms with van der Waals surface area (Å²) in [4.78, 5) is 0. The molecule has 0 atom stereocenters. The third kappa shape index (κ3) is 2.51. The van der Waals surface area contributed by atoms with Crippen LogP contribution in [0.3, 0.4) is 0 Å². The number of hydrogen-bond acceptors (Lipinski definition) is 0. The summed E-state index contributed by atoms with van der Waals surface area (Å²) < 4.78 is 1.20. The molecule has 3 radical (unpaired) electrons. The maximum Gasteiger partial charge on any atom is 0.0207 e. The van der Waals surface area contributed by atoms with Gasteiger partial charge in [0.05, 0.1) is 0 Å². The summed E-state index contributed by atoms with van der Waals surface area (Å²) in [6.07, 6.45) is 0. The first-order valence-electron chi connectivity index (χ1n) is 3.35. The average Bonchev–Trinajstić information content (AvgIpc) is 1.93. The predicted molar refractivity (Wildman–Crippen MR) is 54.1 cm³/mol. The monoisotopic (exact) mass is 313 g/mol. The number of halogens is 1. The molecule has 1 rings (SSSR count). The van der Waals surface area contributed by atoms with Gasteiger partial charge in [0, 0.05) is 30.3 Å². The Kier molecular flexibility index (Phi) is 4.80. The summed E-state index contributed by atoms with van der Waals surface area (Å²) in [7, 11) is 0. The van der Waals surface area contributed by atoms with Crippen molar-refractivity contribution in [1.82, 2.24) is 0 Å². The van der Waals surface area contributed by atoms with Gasteiger partial charge in [0.1, 0.15) is 0 Å². The third-order valence-electron chi connectivity index (χ3n) is 1.99. The van der Waals surface area contributed by atoms with E-state index in [1.807, 2.05) is 0 Å². The second-order valence-electron chi connectivity index (χ2n) is 2.61. The van der Waals surface area contributed by atoms with Gasteiger partial charge in [-0.2, -0.15) is 0 Å². The summed E-state index contributed by atoms with van der Waals surface area (Å²) in [6.45, 7) is 6.41. The summed E-state index contributed by atoms with van der Waals surface area (Å²) in [5, 5.41) is 0. The Bertz CT molecular complexity index is 229. The van der Waals surface area contributed by atoms with E-state index in [1.165, 1.54) is 21.2 Å². The average molecular weight is 314 g/mol. The van der Waals surface area contributed by atoms with Crippen LogP contribution in [0.1, 0.15) is 16.7 Å². The maximum absolute atomic E-state index is 3.48. The van der Waals surface area contributed by atoms with Crippen molar-refractivity contribution in [3.8, 4) is 0 Å². The Morgan fingerprint density at radius 2 is 1.55 bits per heavy atom. The maximum atomic E-state index is 3.48.